The van der Waals surface area contributed by atoms with Gasteiger partial charge < -0.3 is 16.0 Å². The third kappa shape index (κ3) is 6.76. The number of nitrogens with two attached hydrogens (primary N) is 1. The van der Waals surface area contributed by atoms with Gasteiger partial charge in [0, 0.05) is 39.3 Å². The predicted octanol–water partition coefficient (Wildman–Crippen LogP) is 0.750. The molecule has 124 valence electrons. The molecule has 1 aliphatic heterocycles. The largest absolute Gasteiger partial charge is 0.355 e. The Hall–Kier alpha value is -0.650. The van der Waals surface area contributed by atoms with Gasteiger partial charge in [0.2, 0.25) is 5.91 Å². The van der Waals surface area contributed by atoms with E-state index >= 15 is 0 Å². The summed E-state index contributed by atoms with van der Waals surface area (Å²) in [5, 5.41) is 3.05. The molecule has 1 rings (SSSR count). The van der Waals surface area contributed by atoms with Gasteiger partial charge in [0.25, 0.3) is 0 Å². The summed E-state index contributed by atoms with van der Waals surface area (Å²) < 4.78 is 0. The Morgan fingerprint density at radius 2 is 1.76 bits per heavy atom. The van der Waals surface area contributed by atoms with Crippen LogP contribution in [0, 0.1) is 11.8 Å². The lowest BCUT2D eigenvalue weighted by atomic mass is 10.1. The van der Waals surface area contributed by atoms with Gasteiger partial charge in [-0.1, -0.05) is 20.8 Å². The van der Waals surface area contributed by atoms with Crippen molar-refractivity contribution in [2.45, 2.75) is 40.2 Å². The maximum Gasteiger partial charge on any atom is 0.237 e. The van der Waals surface area contributed by atoms with E-state index in [4.69, 9.17) is 5.73 Å². The van der Waals surface area contributed by atoms with Crippen LogP contribution in [0.5, 0.6) is 0 Å². The molecule has 0 bridgehead atoms. The SMILES string of the molecule is CC(C)CCNC(=O)C(C)N1CCN(CC(C)CN)CC1. The number of nitrogens with zero attached hydrogens (tertiary/aromatic N) is 2. The lowest BCUT2D eigenvalue weighted by molar-refractivity contribution is -0.126. The first kappa shape index (κ1) is 18.4. The first-order valence-corrected chi connectivity index (χ1v) is 8.38. The van der Waals surface area contributed by atoms with Gasteiger partial charge in [-0.05, 0) is 31.7 Å². The highest BCUT2D eigenvalue weighted by atomic mass is 16.2. The van der Waals surface area contributed by atoms with Gasteiger partial charge in [0.1, 0.15) is 0 Å². The number of amides is 1. The van der Waals surface area contributed by atoms with Gasteiger partial charge in [0.05, 0.1) is 6.04 Å². The van der Waals surface area contributed by atoms with Crippen LogP contribution < -0.4 is 11.1 Å². The summed E-state index contributed by atoms with van der Waals surface area (Å²) >= 11 is 0. The highest BCUT2D eigenvalue weighted by Crippen LogP contribution is 2.08. The summed E-state index contributed by atoms with van der Waals surface area (Å²) in [6.07, 6.45) is 1.04. The lowest BCUT2D eigenvalue weighted by Gasteiger charge is -2.38. The molecule has 0 aromatic rings. The van der Waals surface area contributed by atoms with Crippen molar-refractivity contribution in [3.8, 4) is 0 Å². The van der Waals surface area contributed by atoms with E-state index in [0.29, 0.717) is 11.8 Å². The average Bonchev–Trinajstić information content (AvgIpc) is 2.46. The van der Waals surface area contributed by atoms with Crippen molar-refractivity contribution >= 4 is 5.91 Å². The van der Waals surface area contributed by atoms with Crippen molar-refractivity contribution in [1.82, 2.24) is 15.1 Å². The summed E-state index contributed by atoms with van der Waals surface area (Å²) in [5.74, 6) is 1.35. The highest BCUT2D eigenvalue weighted by Gasteiger charge is 2.25. The Balaban J connectivity index is 2.27. The zero-order valence-corrected chi connectivity index (χ0v) is 14.3. The Morgan fingerprint density at radius 1 is 1.14 bits per heavy atom. The van der Waals surface area contributed by atoms with Gasteiger partial charge in [-0.2, -0.15) is 0 Å². The van der Waals surface area contributed by atoms with Crippen LogP contribution in [0.25, 0.3) is 0 Å². The molecule has 21 heavy (non-hydrogen) atoms. The van der Waals surface area contributed by atoms with Crippen molar-refractivity contribution in [3.63, 3.8) is 0 Å². The normalized spacial score (nSPS) is 20.5. The zero-order valence-electron chi connectivity index (χ0n) is 14.3. The number of carbonyl (C=O) groups is 1. The molecule has 1 fully saturated rings. The van der Waals surface area contributed by atoms with E-state index in [2.05, 4.69) is 35.9 Å². The third-order valence-corrected chi connectivity index (χ3v) is 4.33. The van der Waals surface area contributed by atoms with Crippen LogP contribution >= 0.6 is 0 Å². The molecular weight excluding hydrogens is 264 g/mol. The smallest absolute Gasteiger partial charge is 0.237 e. The number of piperazine rings is 1. The van der Waals surface area contributed by atoms with Gasteiger partial charge >= 0.3 is 0 Å². The monoisotopic (exact) mass is 298 g/mol. The van der Waals surface area contributed by atoms with Crippen molar-refractivity contribution in [3.05, 3.63) is 0 Å². The van der Waals surface area contributed by atoms with E-state index < -0.39 is 0 Å². The second-order valence-corrected chi connectivity index (χ2v) is 6.83. The number of rotatable bonds is 8. The van der Waals surface area contributed by atoms with Gasteiger partial charge in [-0.15, -0.1) is 0 Å². The molecule has 1 aliphatic rings. The van der Waals surface area contributed by atoms with Crippen molar-refractivity contribution in [2.24, 2.45) is 17.6 Å². The quantitative estimate of drug-likeness (QED) is 0.694. The van der Waals surface area contributed by atoms with Gasteiger partial charge in [-0.3, -0.25) is 9.69 Å². The standard InChI is InChI=1S/C16H34N4O/c1-13(2)5-6-18-16(21)15(4)20-9-7-19(8-10-20)12-14(3)11-17/h13-15H,5-12,17H2,1-4H3,(H,18,21). The molecule has 0 radical (unpaired) electrons. The number of carbonyl (C=O) groups excluding carboxylic acids is 1. The molecule has 5 nitrogen and oxygen atoms in total. The third-order valence-electron chi connectivity index (χ3n) is 4.33. The lowest BCUT2D eigenvalue weighted by Crippen LogP contribution is -2.54. The van der Waals surface area contributed by atoms with Crippen LogP contribution in [0.15, 0.2) is 0 Å². The molecule has 3 N–H and O–H groups in total. The van der Waals surface area contributed by atoms with E-state index in [1.54, 1.807) is 0 Å². The second kappa shape index (κ2) is 9.38. The molecule has 1 saturated heterocycles. The molecule has 2 unspecified atom stereocenters. The molecule has 0 aliphatic carbocycles. The fraction of sp³-hybridized carbons (Fsp3) is 0.938. The molecule has 2 atom stereocenters. The van der Waals surface area contributed by atoms with Gasteiger partial charge in [0.15, 0.2) is 0 Å². The molecule has 0 aromatic heterocycles. The maximum absolute atomic E-state index is 12.1. The summed E-state index contributed by atoms with van der Waals surface area (Å²) in [5.41, 5.74) is 5.68. The average molecular weight is 298 g/mol. The summed E-state index contributed by atoms with van der Waals surface area (Å²) in [4.78, 5) is 16.9. The van der Waals surface area contributed by atoms with E-state index in [1.165, 1.54) is 0 Å². The van der Waals surface area contributed by atoms with Crippen LogP contribution in [0.1, 0.15) is 34.1 Å². The number of hydrogen-bond donors (Lipinski definition) is 2. The first-order chi connectivity index (χ1) is 9.93. The summed E-state index contributed by atoms with van der Waals surface area (Å²) in [6.45, 7) is 15.2. The minimum atomic E-state index is -0.0220. The number of hydrogen-bond acceptors (Lipinski definition) is 4. The molecule has 1 heterocycles. The van der Waals surface area contributed by atoms with E-state index in [-0.39, 0.29) is 11.9 Å². The van der Waals surface area contributed by atoms with Crippen LogP contribution in [0.3, 0.4) is 0 Å². The van der Waals surface area contributed by atoms with Crippen LogP contribution in [-0.4, -0.2) is 67.6 Å². The molecule has 5 heteroatoms. The zero-order chi connectivity index (χ0) is 15.8. The van der Waals surface area contributed by atoms with Crippen molar-refractivity contribution in [2.75, 3.05) is 45.8 Å². The summed E-state index contributed by atoms with van der Waals surface area (Å²) in [7, 11) is 0. The second-order valence-electron chi connectivity index (χ2n) is 6.83. The molecule has 0 saturated carbocycles. The number of nitrogens with one attached hydrogen (secondary N) is 1. The fourth-order valence-corrected chi connectivity index (χ4v) is 2.65. The van der Waals surface area contributed by atoms with Crippen molar-refractivity contribution < 1.29 is 4.79 Å². The van der Waals surface area contributed by atoms with E-state index in [0.717, 1.165) is 52.2 Å². The molecule has 1 amide bonds. The van der Waals surface area contributed by atoms with Crippen LogP contribution in [0.4, 0.5) is 0 Å². The Morgan fingerprint density at radius 3 is 2.29 bits per heavy atom. The first-order valence-electron chi connectivity index (χ1n) is 8.38. The topological polar surface area (TPSA) is 61.6 Å². The fourth-order valence-electron chi connectivity index (χ4n) is 2.65. The van der Waals surface area contributed by atoms with Crippen LogP contribution in [-0.2, 0) is 4.79 Å². The molecule has 0 spiro atoms. The minimum absolute atomic E-state index is 0.0220. The Bertz CT molecular complexity index is 301. The molecular formula is C16H34N4O. The summed E-state index contributed by atoms with van der Waals surface area (Å²) in [6, 6.07) is -0.0220. The Kier molecular flexibility index (Phi) is 8.22. The minimum Gasteiger partial charge on any atom is -0.355 e. The maximum atomic E-state index is 12.1. The van der Waals surface area contributed by atoms with E-state index in [1.807, 2.05) is 6.92 Å². The predicted molar refractivity (Wildman–Crippen MR) is 88.2 cm³/mol. The molecule has 0 aromatic carbocycles. The van der Waals surface area contributed by atoms with E-state index in [9.17, 15) is 4.79 Å². The highest BCUT2D eigenvalue weighted by molar-refractivity contribution is 5.81. The van der Waals surface area contributed by atoms with Crippen molar-refractivity contribution in [1.29, 1.82) is 0 Å². The van der Waals surface area contributed by atoms with Crippen LogP contribution in [0.2, 0.25) is 0 Å². The van der Waals surface area contributed by atoms with Gasteiger partial charge in [-0.25, -0.2) is 0 Å². The Labute approximate surface area is 130 Å².